The van der Waals surface area contributed by atoms with Gasteiger partial charge in [0.05, 0.1) is 4.47 Å². The average molecular weight is 500 g/mol. The number of hydrogen-bond donors (Lipinski definition) is 0. The van der Waals surface area contributed by atoms with Crippen LogP contribution in [0.25, 0.3) is 0 Å². The van der Waals surface area contributed by atoms with E-state index >= 15 is 0 Å². The van der Waals surface area contributed by atoms with Crippen LogP contribution in [0.15, 0.2) is 49.8 Å². The maximum Gasteiger partial charge on any atom is 0.141 e. The highest BCUT2D eigenvalue weighted by Gasteiger charge is 2.07. The summed E-state index contributed by atoms with van der Waals surface area (Å²) in [7, 11) is 0. The Morgan fingerprint density at radius 3 is 2.06 bits per heavy atom. The second kappa shape index (κ2) is 6.55. The molecule has 0 aliphatic heterocycles. The summed E-state index contributed by atoms with van der Waals surface area (Å²) in [5.74, 6) is 1.64. The van der Waals surface area contributed by atoms with E-state index in [2.05, 4.69) is 63.7 Å². The van der Waals surface area contributed by atoms with Gasteiger partial charge in [-0.25, -0.2) is 0 Å². The fourth-order valence-electron chi connectivity index (χ4n) is 1.43. The first kappa shape index (κ1) is 14.6. The number of hydrogen-bond acceptors (Lipinski definition) is 1. The largest absolute Gasteiger partial charge is 0.456 e. The molecule has 0 spiro atoms. The highest BCUT2D eigenvalue weighted by atomic mass is 79.9. The maximum atomic E-state index is 5.92. The Morgan fingerprint density at radius 2 is 1.44 bits per heavy atom. The minimum Gasteiger partial charge on any atom is -0.456 e. The molecule has 0 aliphatic rings. The first-order valence-electron chi connectivity index (χ1n) is 5.07. The highest BCUT2D eigenvalue weighted by molar-refractivity contribution is 9.11. The van der Waals surface area contributed by atoms with E-state index in [9.17, 15) is 0 Å². The molecule has 0 saturated carbocycles. The predicted octanol–water partition coefficient (Wildman–Crippen LogP) is 6.66. The number of halogens is 4. The normalized spacial score (nSPS) is 10.4. The van der Waals surface area contributed by atoms with Gasteiger partial charge in [-0.3, -0.25) is 0 Å². The van der Waals surface area contributed by atoms with Gasteiger partial charge in [0.15, 0.2) is 0 Å². The zero-order valence-electron chi connectivity index (χ0n) is 9.09. The van der Waals surface area contributed by atoms with Gasteiger partial charge in [0.2, 0.25) is 0 Å². The van der Waals surface area contributed by atoms with Crippen LogP contribution >= 0.6 is 63.7 Å². The summed E-state index contributed by atoms with van der Waals surface area (Å²) in [5, 5.41) is 0.746. The quantitative estimate of drug-likeness (QED) is 0.429. The van der Waals surface area contributed by atoms with Crippen molar-refractivity contribution >= 4 is 63.7 Å². The molecule has 2 aromatic carbocycles. The zero-order valence-corrected chi connectivity index (χ0v) is 15.4. The Labute approximate surface area is 139 Å². The molecule has 0 aliphatic carbocycles. The molecule has 2 rings (SSSR count). The smallest absolute Gasteiger partial charge is 0.141 e. The molecule has 0 saturated heterocycles. The summed E-state index contributed by atoms with van der Waals surface area (Å²) in [5.41, 5.74) is 1.10. The molecule has 0 heterocycles. The van der Waals surface area contributed by atoms with E-state index in [-0.39, 0.29) is 0 Å². The van der Waals surface area contributed by atoms with E-state index in [1.165, 1.54) is 0 Å². The van der Waals surface area contributed by atoms with E-state index in [1.54, 1.807) is 0 Å². The molecule has 0 aromatic heterocycles. The van der Waals surface area contributed by atoms with E-state index in [1.807, 2.05) is 36.4 Å². The molecule has 0 fully saturated rings. The third kappa shape index (κ3) is 3.59. The molecule has 0 radical (unpaired) electrons. The molecule has 2 aromatic rings. The van der Waals surface area contributed by atoms with E-state index in [0.29, 0.717) is 0 Å². The summed E-state index contributed by atoms with van der Waals surface area (Å²) in [6.45, 7) is 0. The van der Waals surface area contributed by atoms with Crippen LogP contribution < -0.4 is 4.74 Å². The topological polar surface area (TPSA) is 9.23 Å². The molecule has 0 atom stereocenters. The Bertz CT molecular complexity index is 569. The van der Waals surface area contributed by atoms with Crippen molar-refractivity contribution in [1.82, 2.24) is 0 Å². The molecule has 0 amide bonds. The lowest BCUT2D eigenvalue weighted by atomic mass is 10.2. The minimum absolute atomic E-state index is 0.746. The van der Waals surface area contributed by atoms with Crippen molar-refractivity contribution in [2.75, 3.05) is 0 Å². The van der Waals surface area contributed by atoms with Crippen LogP contribution in [0, 0.1) is 0 Å². The number of benzene rings is 2. The van der Waals surface area contributed by atoms with Crippen LogP contribution in [-0.4, -0.2) is 0 Å². The molecule has 94 valence electrons. The standard InChI is InChI=1S/C13H8Br4O/c14-7-8-5-9(15)1-3-12(8)18-13-4-2-10(16)6-11(13)17/h1-6H,7H2. The van der Waals surface area contributed by atoms with Crippen molar-refractivity contribution in [2.24, 2.45) is 0 Å². The van der Waals surface area contributed by atoms with Gasteiger partial charge < -0.3 is 4.74 Å². The summed E-state index contributed by atoms with van der Waals surface area (Å²) in [4.78, 5) is 0. The zero-order chi connectivity index (χ0) is 13.1. The lowest BCUT2D eigenvalue weighted by molar-refractivity contribution is 0.475. The van der Waals surface area contributed by atoms with Gasteiger partial charge in [0.1, 0.15) is 11.5 Å². The number of alkyl halides is 1. The van der Waals surface area contributed by atoms with E-state index in [0.717, 1.165) is 35.8 Å². The molecule has 0 N–H and O–H groups in total. The van der Waals surface area contributed by atoms with Crippen LogP contribution in [-0.2, 0) is 5.33 Å². The monoisotopic (exact) mass is 496 g/mol. The van der Waals surface area contributed by atoms with Crippen LogP contribution in [0.4, 0.5) is 0 Å². The fourth-order valence-corrected chi connectivity index (χ4v) is 3.40. The van der Waals surface area contributed by atoms with Crippen molar-refractivity contribution in [3.8, 4) is 11.5 Å². The predicted molar refractivity (Wildman–Crippen MR) is 88.7 cm³/mol. The third-order valence-electron chi connectivity index (χ3n) is 2.28. The summed E-state index contributed by atoms with van der Waals surface area (Å²) < 4.78 is 8.89. The van der Waals surface area contributed by atoms with Crippen molar-refractivity contribution in [2.45, 2.75) is 5.33 Å². The van der Waals surface area contributed by atoms with Gasteiger partial charge >= 0.3 is 0 Å². The van der Waals surface area contributed by atoms with Crippen molar-refractivity contribution in [3.63, 3.8) is 0 Å². The molecule has 1 nitrogen and oxygen atoms in total. The molecule has 18 heavy (non-hydrogen) atoms. The Hall–Kier alpha value is 0.160. The average Bonchev–Trinajstić information content (AvgIpc) is 2.34. The molecule has 0 bridgehead atoms. The van der Waals surface area contributed by atoms with Gasteiger partial charge in [-0.2, -0.15) is 0 Å². The molecular weight excluding hydrogens is 492 g/mol. The van der Waals surface area contributed by atoms with Crippen LogP contribution in [0.3, 0.4) is 0 Å². The fraction of sp³-hybridized carbons (Fsp3) is 0.0769. The second-order valence-corrected chi connectivity index (χ2v) is 6.81. The lowest BCUT2D eigenvalue weighted by Crippen LogP contribution is -1.90. The Morgan fingerprint density at radius 1 is 0.833 bits per heavy atom. The van der Waals surface area contributed by atoms with Gasteiger partial charge in [0, 0.05) is 19.8 Å². The number of rotatable bonds is 3. The van der Waals surface area contributed by atoms with Crippen LogP contribution in [0.1, 0.15) is 5.56 Å². The Balaban J connectivity index is 2.33. The summed E-state index contributed by atoms with van der Waals surface area (Å²) in [6.07, 6.45) is 0. The van der Waals surface area contributed by atoms with Gasteiger partial charge in [-0.05, 0) is 52.3 Å². The SMILES string of the molecule is BrCc1cc(Br)ccc1Oc1ccc(Br)cc1Br. The molecule has 0 unspecified atom stereocenters. The lowest BCUT2D eigenvalue weighted by Gasteiger charge is -2.11. The van der Waals surface area contributed by atoms with Gasteiger partial charge in [0.25, 0.3) is 0 Å². The summed E-state index contributed by atoms with van der Waals surface area (Å²) in [6, 6.07) is 11.8. The molecular formula is C13H8Br4O. The van der Waals surface area contributed by atoms with Crippen molar-refractivity contribution < 1.29 is 4.74 Å². The highest BCUT2D eigenvalue weighted by Crippen LogP contribution is 2.34. The van der Waals surface area contributed by atoms with Crippen molar-refractivity contribution in [3.05, 3.63) is 55.4 Å². The summed E-state index contributed by atoms with van der Waals surface area (Å²) >= 11 is 13.8. The number of ether oxygens (including phenoxy) is 1. The van der Waals surface area contributed by atoms with Gasteiger partial charge in [-0.15, -0.1) is 0 Å². The third-order valence-corrected chi connectivity index (χ3v) is 4.49. The van der Waals surface area contributed by atoms with Crippen LogP contribution in [0.5, 0.6) is 11.5 Å². The maximum absolute atomic E-state index is 5.92. The Kier molecular flexibility index (Phi) is 5.30. The molecule has 5 heteroatoms. The van der Waals surface area contributed by atoms with E-state index < -0.39 is 0 Å². The van der Waals surface area contributed by atoms with E-state index in [4.69, 9.17) is 4.74 Å². The first-order valence-corrected chi connectivity index (χ1v) is 8.57. The first-order chi connectivity index (χ1) is 8.60. The van der Waals surface area contributed by atoms with Gasteiger partial charge in [-0.1, -0.05) is 47.8 Å². The minimum atomic E-state index is 0.746. The van der Waals surface area contributed by atoms with Crippen molar-refractivity contribution in [1.29, 1.82) is 0 Å². The van der Waals surface area contributed by atoms with Crippen LogP contribution in [0.2, 0.25) is 0 Å². The second-order valence-electron chi connectivity index (χ2n) is 3.56.